The minimum absolute atomic E-state index is 0.0708. The van der Waals surface area contributed by atoms with Crippen molar-refractivity contribution in [3.05, 3.63) is 35.5 Å². The topological polar surface area (TPSA) is 101 Å². The molecule has 28 heavy (non-hydrogen) atoms. The first-order valence-corrected chi connectivity index (χ1v) is 9.72. The van der Waals surface area contributed by atoms with E-state index < -0.39 is 46.8 Å². The molecule has 0 unspecified atom stereocenters. The summed E-state index contributed by atoms with van der Waals surface area (Å²) in [5.74, 6) is -2.27. The second kappa shape index (κ2) is 5.74. The maximum Gasteiger partial charge on any atom is 0.303 e. The number of esters is 1. The minimum Gasteiger partial charge on any atom is -0.455 e. The molecule has 2 saturated carbocycles. The number of ether oxygens (including phenoxy) is 1. The zero-order valence-electron chi connectivity index (χ0n) is 16.4. The molecule has 1 spiro atoms. The molecule has 0 aromatic carbocycles. The quantitative estimate of drug-likeness (QED) is 0.665. The fraction of sp³-hybridized carbons (Fsp3) is 0.591. The van der Waals surface area contributed by atoms with Gasteiger partial charge in [0.05, 0.1) is 5.41 Å². The van der Waals surface area contributed by atoms with Crippen LogP contribution in [0.2, 0.25) is 0 Å². The van der Waals surface area contributed by atoms with Crippen molar-refractivity contribution < 1.29 is 29.3 Å². The van der Waals surface area contributed by atoms with Crippen LogP contribution in [-0.4, -0.2) is 46.1 Å². The number of aliphatic hydroxyl groups is 2. The zero-order valence-corrected chi connectivity index (χ0v) is 16.4. The Morgan fingerprint density at radius 2 is 1.86 bits per heavy atom. The lowest BCUT2D eigenvalue weighted by molar-refractivity contribution is -0.159. The lowest BCUT2D eigenvalue weighted by atomic mass is 9.50. The zero-order chi connectivity index (χ0) is 20.8. The van der Waals surface area contributed by atoms with Crippen molar-refractivity contribution in [1.29, 1.82) is 0 Å². The van der Waals surface area contributed by atoms with E-state index in [0.717, 1.165) is 5.57 Å². The molecule has 0 radical (unpaired) electrons. The molecule has 6 heteroatoms. The van der Waals surface area contributed by atoms with Crippen LogP contribution in [0.15, 0.2) is 35.5 Å². The number of allylic oxidation sites excluding steroid dienone is 1. The molecular formula is C22H26O6. The Balaban J connectivity index is 1.98. The van der Waals surface area contributed by atoms with Crippen LogP contribution in [0.5, 0.6) is 0 Å². The lowest BCUT2D eigenvalue weighted by Gasteiger charge is -2.54. The van der Waals surface area contributed by atoms with Crippen LogP contribution >= 0.6 is 0 Å². The molecule has 2 N–H and O–H groups in total. The highest BCUT2D eigenvalue weighted by Crippen LogP contribution is 2.65. The summed E-state index contributed by atoms with van der Waals surface area (Å²) in [6, 6.07) is 0. The van der Waals surface area contributed by atoms with Gasteiger partial charge in [0, 0.05) is 29.4 Å². The van der Waals surface area contributed by atoms with Crippen LogP contribution in [0.3, 0.4) is 0 Å². The summed E-state index contributed by atoms with van der Waals surface area (Å²) in [7, 11) is 0. The number of carbonyl (C=O) groups is 3. The third-order valence-electron chi connectivity index (χ3n) is 7.54. The molecule has 0 aliphatic heterocycles. The first-order chi connectivity index (χ1) is 13.0. The maximum atomic E-state index is 13.5. The number of hydrogen-bond donors (Lipinski definition) is 2. The molecule has 0 saturated heterocycles. The number of carbonyl (C=O) groups excluding carboxylic acids is 3. The molecule has 6 nitrogen and oxygen atoms in total. The van der Waals surface area contributed by atoms with E-state index in [-0.39, 0.29) is 22.8 Å². The van der Waals surface area contributed by atoms with Gasteiger partial charge in [0.1, 0.15) is 12.2 Å². The first-order valence-electron chi connectivity index (χ1n) is 9.72. The van der Waals surface area contributed by atoms with Crippen LogP contribution in [0.1, 0.15) is 40.0 Å². The fourth-order valence-electron chi connectivity index (χ4n) is 5.85. The van der Waals surface area contributed by atoms with Crippen molar-refractivity contribution in [2.75, 3.05) is 0 Å². The molecule has 0 amide bonds. The van der Waals surface area contributed by atoms with Crippen molar-refractivity contribution in [2.45, 2.75) is 58.3 Å². The van der Waals surface area contributed by atoms with Gasteiger partial charge in [-0.3, -0.25) is 14.4 Å². The van der Waals surface area contributed by atoms with Gasteiger partial charge in [-0.05, 0) is 30.8 Å². The fourth-order valence-corrected chi connectivity index (χ4v) is 5.85. The predicted molar refractivity (Wildman–Crippen MR) is 99.9 cm³/mol. The Bertz CT molecular complexity index is 881. The molecule has 7 atom stereocenters. The number of ketones is 2. The summed E-state index contributed by atoms with van der Waals surface area (Å²) in [6.45, 7) is 12.9. The Morgan fingerprint density at radius 3 is 2.39 bits per heavy atom. The van der Waals surface area contributed by atoms with Gasteiger partial charge < -0.3 is 14.9 Å². The predicted octanol–water partition coefficient (Wildman–Crippen LogP) is 1.66. The van der Waals surface area contributed by atoms with Crippen LogP contribution in [0.25, 0.3) is 0 Å². The standard InChI is InChI=1S/C22H26O6/c1-9-6-7-21(5)14(11(9)3)16(24)18(28-12(4)23)13-15(21)17(25)20(27)22(19(13)26)8-10(22)2/h10,14,16,18,20,24,27H,1,3,6-8H2,2,4-5H3/t10-,14-,16+,18+,20+,21+,22-/m1/s1. The molecule has 0 aromatic rings. The highest BCUT2D eigenvalue weighted by molar-refractivity contribution is 6.19. The van der Waals surface area contributed by atoms with Gasteiger partial charge in [0.15, 0.2) is 17.7 Å². The minimum atomic E-state index is -1.40. The summed E-state index contributed by atoms with van der Waals surface area (Å²) in [4.78, 5) is 38.6. The van der Waals surface area contributed by atoms with Crippen molar-refractivity contribution >= 4 is 17.5 Å². The van der Waals surface area contributed by atoms with Gasteiger partial charge in [0.25, 0.3) is 0 Å². The highest BCUT2D eigenvalue weighted by atomic mass is 16.6. The van der Waals surface area contributed by atoms with Crippen molar-refractivity contribution in [1.82, 2.24) is 0 Å². The van der Waals surface area contributed by atoms with Crippen LogP contribution < -0.4 is 0 Å². The third kappa shape index (κ3) is 2.13. The number of rotatable bonds is 1. The summed E-state index contributed by atoms with van der Waals surface area (Å²) in [6.07, 6.45) is -2.39. The first kappa shape index (κ1) is 19.3. The van der Waals surface area contributed by atoms with E-state index in [1.165, 1.54) is 6.92 Å². The summed E-state index contributed by atoms with van der Waals surface area (Å²) >= 11 is 0. The summed E-state index contributed by atoms with van der Waals surface area (Å²) < 4.78 is 5.39. The van der Waals surface area contributed by atoms with Gasteiger partial charge in [0.2, 0.25) is 0 Å². The SMILES string of the molecule is C=C1CC[C@]2(C)C3=C(C(=O)[C@]4(C[C@H]4C)[C@@H](O)C3=O)[C@H](OC(C)=O)[C@@H](O)[C@H]2C1=C. The molecule has 4 rings (SSSR count). The number of hydrogen-bond acceptors (Lipinski definition) is 6. The Kier molecular flexibility index (Phi) is 3.95. The normalized spacial score (nSPS) is 45.1. The van der Waals surface area contributed by atoms with Crippen molar-refractivity contribution in [3.8, 4) is 0 Å². The second-order valence-electron chi connectivity index (χ2n) is 9.07. The molecule has 2 fully saturated rings. The van der Waals surface area contributed by atoms with E-state index in [4.69, 9.17) is 4.74 Å². The van der Waals surface area contributed by atoms with E-state index in [2.05, 4.69) is 13.2 Å². The molecule has 4 aliphatic carbocycles. The second-order valence-corrected chi connectivity index (χ2v) is 9.07. The average Bonchev–Trinajstić information content (AvgIpc) is 3.29. The maximum absolute atomic E-state index is 13.5. The molecule has 4 aliphatic rings. The van der Waals surface area contributed by atoms with Crippen molar-refractivity contribution in [3.63, 3.8) is 0 Å². The highest BCUT2D eigenvalue weighted by Gasteiger charge is 2.71. The molecule has 0 bridgehead atoms. The largest absolute Gasteiger partial charge is 0.455 e. The van der Waals surface area contributed by atoms with Gasteiger partial charge in [-0.2, -0.15) is 0 Å². The number of Topliss-reactive ketones (excluding diaryl/α,β-unsaturated/α-hetero) is 2. The molecule has 150 valence electrons. The summed E-state index contributed by atoms with van der Waals surface area (Å²) in [5.41, 5.74) is -0.399. The van der Waals surface area contributed by atoms with Gasteiger partial charge in [-0.25, -0.2) is 0 Å². The van der Waals surface area contributed by atoms with Gasteiger partial charge in [-0.1, -0.05) is 32.6 Å². The third-order valence-corrected chi connectivity index (χ3v) is 7.54. The monoisotopic (exact) mass is 386 g/mol. The number of aliphatic hydroxyl groups excluding tert-OH is 2. The smallest absolute Gasteiger partial charge is 0.303 e. The van der Waals surface area contributed by atoms with Crippen LogP contribution in [0.4, 0.5) is 0 Å². The summed E-state index contributed by atoms with van der Waals surface area (Å²) in [5, 5.41) is 22.0. The van der Waals surface area contributed by atoms with E-state index in [1.54, 1.807) is 0 Å². The molecule has 0 heterocycles. The lowest BCUT2D eigenvalue weighted by Crippen LogP contribution is -2.60. The van der Waals surface area contributed by atoms with Crippen LogP contribution in [0, 0.1) is 22.7 Å². The average molecular weight is 386 g/mol. The van der Waals surface area contributed by atoms with Gasteiger partial charge >= 0.3 is 5.97 Å². The molecule has 0 aromatic heterocycles. The molecular weight excluding hydrogens is 360 g/mol. The Labute approximate surface area is 163 Å². The van der Waals surface area contributed by atoms with Gasteiger partial charge in [-0.15, -0.1) is 0 Å². The number of fused-ring (bicyclic) bond motifs is 2. The van der Waals surface area contributed by atoms with E-state index in [1.807, 2.05) is 13.8 Å². The van der Waals surface area contributed by atoms with E-state index in [9.17, 15) is 24.6 Å². The van der Waals surface area contributed by atoms with E-state index in [0.29, 0.717) is 24.8 Å². The Hall–Kier alpha value is -2.05. The Morgan fingerprint density at radius 1 is 1.25 bits per heavy atom. The van der Waals surface area contributed by atoms with Crippen LogP contribution in [-0.2, 0) is 19.1 Å². The van der Waals surface area contributed by atoms with E-state index >= 15 is 0 Å². The van der Waals surface area contributed by atoms with Crippen molar-refractivity contribution in [2.24, 2.45) is 22.7 Å².